The zero-order valence-corrected chi connectivity index (χ0v) is 8.45. The summed E-state index contributed by atoms with van der Waals surface area (Å²) in [4.78, 5) is 0. The molecule has 1 aliphatic rings. The van der Waals surface area contributed by atoms with Crippen LogP contribution in [0.2, 0.25) is 0 Å². The molecule has 78 valence electrons. The first-order chi connectivity index (χ1) is 6.83. The second kappa shape index (κ2) is 4.00. The first-order valence-electron chi connectivity index (χ1n) is 5.18. The van der Waals surface area contributed by atoms with E-state index in [2.05, 4.69) is 12.1 Å². The number of anilines is 1. The Bertz CT molecular complexity index is 303. The van der Waals surface area contributed by atoms with E-state index in [1.807, 2.05) is 0 Å². The normalized spacial score (nSPS) is 22.5. The maximum atomic E-state index is 5.70. The van der Waals surface area contributed by atoms with E-state index in [0.717, 1.165) is 37.2 Å². The van der Waals surface area contributed by atoms with Crippen molar-refractivity contribution in [1.29, 1.82) is 0 Å². The quantitative estimate of drug-likeness (QED) is 0.786. The molecule has 0 bridgehead atoms. The second-order valence-corrected chi connectivity index (χ2v) is 3.62. The van der Waals surface area contributed by atoms with E-state index in [0.29, 0.717) is 5.82 Å². The van der Waals surface area contributed by atoms with Gasteiger partial charge in [-0.05, 0) is 25.7 Å². The lowest BCUT2D eigenvalue weighted by atomic mass is 10.0. The Hall–Kier alpha value is -1.03. The van der Waals surface area contributed by atoms with Gasteiger partial charge in [-0.2, -0.15) is 0 Å². The van der Waals surface area contributed by atoms with Crippen LogP contribution in [-0.4, -0.2) is 11.8 Å². The predicted molar refractivity (Wildman–Crippen MR) is 52.8 cm³/mol. The van der Waals surface area contributed by atoms with Crippen LogP contribution >= 0.6 is 0 Å². The molecule has 1 aliphatic heterocycles. The summed E-state index contributed by atoms with van der Waals surface area (Å²) >= 11 is 0. The van der Waals surface area contributed by atoms with Gasteiger partial charge in [0.1, 0.15) is 6.10 Å². The molecule has 1 fully saturated rings. The van der Waals surface area contributed by atoms with Crippen molar-refractivity contribution in [3.63, 3.8) is 0 Å². The maximum Gasteiger partial charge on any atom is 0.170 e. The van der Waals surface area contributed by atoms with Crippen LogP contribution in [0.15, 0.2) is 4.52 Å². The molecule has 0 amide bonds. The Labute approximate surface area is 83.4 Å². The Morgan fingerprint density at radius 1 is 1.50 bits per heavy atom. The summed E-state index contributed by atoms with van der Waals surface area (Å²) in [7, 11) is 0. The molecule has 0 saturated carbocycles. The van der Waals surface area contributed by atoms with Gasteiger partial charge in [0.15, 0.2) is 11.6 Å². The van der Waals surface area contributed by atoms with Crippen LogP contribution in [0.3, 0.4) is 0 Å². The number of nitrogens with zero attached hydrogens (tertiary/aromatic N) is 1. The van der Waals surface area contributed by atoms with Crippen molar-refractivity contribution in [2.45, 2.75) is 38.7 Å². The largest absolute Gasteiger partial charge is 0.381 e. The third kappa shape index (κ3) is 1.62. The van der Waals surface area contributed by atoms with Crippen LogP contribution in [0.25, 0.3) is 0 Å². The maximum absolute atomic E-state index is 5.70. The van der Waals surface area contributed by atoms with Gasteiger partial charge < -0.3 is 15.0 Å². The SMILES string of the molecule is CCc1c(N)noc1C1CCCCO1. The third-order valence-corrected chi connectivity index (χ3v) is 2.67. The van der Waals surface area contributed by atoms with Gasteiger partial charge in [-0.3, -0.25) is 0 Å². The van der Waals surface area contributed by atoms with Crippen molar-refractivity contribution in [3.8, 4) is 0 Å². The van der Waals surface area contributed by atoms with Gasteiger partial charge in [0.25, 0.3) is 0 Å². The minimum absolute atomic E-state index is 0.0727. The van der Waals surface area contributed by atoms with Crippen LogP contribution in [0.1, 0.15) is 43.6 Å². The van der Waals surface area contributed by atoms with Gasteiger partial charge in [-0.15, -0.1) is 0 Å². The summed E-state index contributed by atoms with van der Waals surface area (Å²) in [5, 5.41) is 3.79. The molecule has 2 N–H and O–H groups in total. The highest BCUT2D eigenvalue weighted by Gasteiger charge is 2.24. The van der Waals surface area contributed by atoms with Crippen LogP contribution in [0.5, 0.6) is 0 Å². The fourth-order valence-corrected chi connectivity index (χ4v) is 1.89. The van der Waals surface area contributed by atoms with E-state index in [9.17, 15) is 0 Å². The molecule has 14 heavy (non-hydrogen) atoms. The number of aromatic nitrogens is 1. The molecule has 2 rings (SSSR count). The smallest absolute Gasteiger partial charge is 0.170 e. The van der Waals surface area contributed by atoms with Gasteiger partial charge >= 0.3 is 0 Å². The highest BCUT2D eigenvalue weighted by molar-refractivity contribution is 5.41. The number of hydrogen-bond donors (Lipinski definition) is 1. The van der Waals surface area contributed by atoms with Crippen LogP contribution in [-0.2, 0) is 11.2 Å². The average Bonchev–Trinajstić information content (AvgIpc) is 2.61. The molecular weight excluding hydrogens is 180 g/mol. The molecule has 4 nitrogen and oxygen atoms in total. The van der Waals surface area contributed by atoms with Crippen LogP contribution < -0.4 is 5.73 Å². The van der Waals surface area contributed by atoms with E-state index in [1.165, 1.54) is 6.42 Å². The number of hydrogen-bond acceptors (Lipinski definition) is 4. The molecular formula is C10H16N2O2. The molecule has 1 unspecified atom stereocenters. The number of nitrogens with two attached hydrogens (primary N) is 1. The molecule has 0 aromatic carbocycles. The standard InChI is InChI=1S/C10H16N2O2/c1-2-7-9(14-12-10(7)11)8-5-3-4-6-13-8/h8H,2-6H2,1H3,(H2,11,12). The number of nitrogen functional groups attached to an aromatic ring is 1. The van der Waals surface area contributed by atoms with Gasteiger partial charge in [-0.25, -0.2) is 0 Å². The highest BCUT2D eigenvalue weighted by Crippen LogP contribution is 2.32. The molecule has 4 heteroatoms. The lowest BCUT2D eigenvalue weighted by molar-refractivity contribution is -0.00195. The zero-order chi connectivity index (χ0) is 9.97. The number of rotatable bonds is 2. The van der Waals surface area contributed by atoms with E-state index in [1.54, 1.807) is 0 Å². The third-order valence-electron chi connectivity index (χ3n) is 2.67. The lowest BCUT2D eigenvalue weighted by Gasteiger charge is -2.20. The molecule has 1 saturated heterocycles. The van der Waals surface area contributed by atoms with E-state index in [4.69, 9.17) is 15.0 Å². The Morgan fingerprint density at radius 3 is 3.00 bits per heavy atom. The van der Waals surface area contributed by atoms with Gasteiger partial charge in [0.2, 0.25) is 0 Å². The minimum atomic E-state index is 0.0727. The van der Waals surface area contributed by atoms with Crippen molar-refractivity contribution in [3.05, 3.63) is 11.3 Å². The van der Waals surface area contributed by atoms with Crippen molar-refractivity contribution < 1.29 is 9.26 Å². The first-order valence-corrected chi connectivity index (χ1v) is 5.18. The molecule has 1 aromatic heterocycles. The van der Waals surface area contributed by atoms with E-state index >= 15 is 0 Å². The van der Waals surface area contributed by atoms with Crippen molar-refractivity contribution in [2.24, 2.45) is 0 Å². The Balaban J connectivity index is 2.21. The fraction of sp³-hybridized carbons (Fsp3) is 0.700. The van der Waals surface area contributed by atoms with E-state index in [-0.39, 0.29) is 6.10 Å². The molecule has 1 atom stereocenters. The summed E-state index contributed by atoms with van der Waals surface area (Å²) in [6, 6.07) is 0. The summed E-state index contributed by atoms with van der Waals surface area (Å²) in [6.07, 6.45) is 4.27. The van der Waals surface area contributed by atoms with Crippen molar-refractivity contribution >= 4 is 5.82 Å². The average molecular weight is 196 g/mol. The van der Waals surface area contributed by atoms with Crippen LogP contribution in [0.4, 0.5) is 5.82 Å². The van der Waals surface area contributed by atoms with Crippen molar-refractivity contribution in [1.82, 2.24) is 5.16 Å². The molecule has 0 radical (unpaired) electrons. The predicted octanol–water partition coefficient (Wildman–Crippen LogP) is 2.06. The van der Waals surface area contributed by atoms with Gasteiger partial charge in [0.05, 0.1) is 0 Å². The molecule has 0 spiro atoms. The molecule has 2 heterocycles. The summed E-state index contributed by atoms with van der Waals surface area (Å²) in [6.45, 7) is 2.86. The topological polar surface area (TPSA) is 61.3 Å². The van der Waals surface area contributed by atoms with Gasteiger partial charge in [0, 0.05) is 12.2 Å². The summed E-state index contributed by atoms with van der Waals surface area (Å²) in [5.74, 6) is 1.35. The minimum Gasteiger partial charge on any atom is -0.381 e. The number of ether oxygens (including phenoxy) is 1. The van der Waals surface area contributed by atoms with E-state index < -0.39 is 0 Å². The van der Waals surface area contributed by atoms with Crippen molar-refractivity contribution in [2.75, 3.05) is 12.3 Å². The molecule has 0 aliphatic carbocycles. The lowest BCUT2D eigenvalue weighted by Crippen LogP contribution is -2.12. The monoisotopic (exact) mass is 196 g/mol. The highest BCUT2D eigenvalue weighted by atomic mass is 16.5. The summed E-state index contributed by atoms with van der Waals surface area (Å²) in [5.41, 5.74) is 6.71. The Kier molecular flexibility index (Phi) is 2.72. The van der Waals surface area contributed by atoms with Crippen LogP contribution in [0, 0.1) is 0 Å². The Morgan fingerprint density at radius 2 is 2.36 bits per heavy atom. The summed E-state index contributed by atoms with van der Waals surface area (Å²) < 4.78 is 10.9. The molecule has 1 aromatic rings. The van der Waals surface area contributed by atoms with Gasteiger partial charge in [-0.1, -0.05) is 12.1 Å². The fourth-order valence-electron chi connectivity index (χ4n) is 1.89. The zero-order valence-electron chi connectivity index (χ0n) is 8.45. The second-order valence-electron chi connectivity index (χ2n) is 3.62. The first kappa shape index (κ1) is 9.52.